The molecule has 0 amide bonds. The minimum atomic E-state index is -0.479. The first-order valence-corrected chi connectivity index (χ1v) is 10.3. The first kappa shape index (κ1) is 19.6. The zero-order valence-electron chi connectivity index (χ0n) is 17.0. The highest BCUT2D eigenvalue weighted by Crippen LogP contribution is 2.28. The quantitative estimate of drug-likeness (QED) is 0.514. The summed E-state index contributed by atoms with van der Waals surface area (Å²) in [5.41, 5.74) is 2.68. The molecule has 160 valence electrons. The number of hydrogen-bond donors (Lipinski definition) is 1. The van der Waals surface area contributed by atoms with Crippen LogP contribution >= 0.6 is 0 Å². The molecular formula is C22H22F2N6O. The molecule has 1 N–H and O–H groups in total. The molecule has 4 heterocycles. The van der Waals surface area contributed by atoms with Crippen molar-refractivity contribution in [2.24, 2.45) is 0 Å². The number of aromatic nitrogens is 5. The molecule has 0 bridgehead atoms. The van der Waals surface area contributed by atoms with E-state index in [1.165, 1.54) is 6.07 Å². The van der Waals surface area contributed by atoms with Crippen molar-refractivity contribution in [1.82, 2.24) is 24.4 Å². The van der Waals surface area contributed by atoms with Crippen molar-refractivity contribution in [3.05, 3.63) is 66.3 Å². The maximum Gasteiger partial charge on any atom is 0.165 e. The van der Waals surface area contributed by atoms with Crippen LogP contribution in [0.1, 0.15) is 37.4 Å². The Balaban J connectivity index is 1.42. The van der Waals surface area contributed by atoms with Crippen molar-refractivity contribution in [3.63, 3.8) is 0 Å². The monoisotopic (exact) mass is 424 g/mol. The third-order valence-electron chi connectivity index (χ3n) is 5.64. The number of rotatable bonds is 5. The molecule has 9 heteroatoms. The Morgan fingerprint density at radius 2 is 1.97 bits per heavy atom. The summed E-state index contributed by atoms with van der Waals surface area (Å²) in [5, 5.41) is 12.1. The van der Waals surface area contributed by atoms with E-state index in [9.17, 15) is 8.78 Å². The second kappa shape index (κ2) is 8.07. The lowest BCUT2D eigenvalue weighted by Gasteiger charge is -2.22. The Morgan fingerprint density at radius 1 is 1.13 bits per heavy atom. The fraction of sp³-hybridized carbons (Fsp3) is 0.318. The van der Waals surface area contributed by atoms with E-state index in [0.29, 0.717) is 17.5 Å². The molecule has 5 rings (SSSR count). The van der Waals surface area contributed by atoms with Gasteiger partial charge < -0.3 is 10.1 Å². The van der Waals surface area contributed by atoms with Crippen molar-refractivity contribution in [3.8, 4) is 11.1 Å². The van der Waals surface area contributed by atoms with Crippen LogP contribution in [0.5, 0.6) is 0 Å². The molecule has 1 saturated heterocycles. The van der Waals surface area contributed by atoms with Gasteiger partial charge in [0.05, 0.1) is 24.5 Å². The normalized spacial score (nSPS) is 16.0. The molecule has 7 nitrogen and oxygen atoms in total. The van der Waals surface area contributed by atoms with Gasteiger partial charge in [-0.1, -0.05) is 0 Å². The molecule has 31 heavy (non-hydrogen) atoms. The third kappa shape index (κ3) is 3.88. The molecule has 0 spiro atoms. The third-order valence-corrected chi connectivity index (χ3v) is 5.64. The van der Waals surface area contributed by atoms with Gasteiger partial charge >= 0.3 is 0 Å². The summed E-state index contributed by atoms with van der Waals surface area (Å²) in [4.78, 5) is 4.67. The molecule has 1 aliphatic heterocycles. The first-order chi connectivity index (χ1) is 15.1. The van der Waals surface area contributed by atoms with Gasteiger partial charge in [-0.3, -0.25) is 4.68 Å². The van der Waals surface area contributed by atoms with Gasteiger partial charge in [0.1, 0.15) is 17.5 Å². The van der Waals surface area contributed by atoms with Crippen LogP contribution in [0.25, 0.3) is 16.8 Å². The number of nitrogens with one attached hydrogen (secondary N) is 1. The second-order valence-electron chi connectivity index (χ2n) is 7.72. The number of fused-ring (bicyclic) bond motifs is 1. The smallest absolute Gasteiger partial charge is 0.165 e. The number of benzene rings is 1. The number of ether oxygens (including phenoxy) is 1. The molecule has 0 unspecified atom stereocenters. The Kier molecular flexibility index (Phi) is 5.11. The van der Waals surface area contributed by atoms with E-state index in [0.717, 1.165) is 49.3 Å². The number of anilines is 1. The summed E-state index contributed by atoms with van der Waals surface area (Å²) in [6, 6.07) is 5.05. The highest BCUT2D eigenvalue weighted by molar-refractivity contribution is 5.76. The van der Waals surface area contributed by atoms with Crippen molar-refractivity contribution in [2.45, 2.75) is 31.8 Å². The van der Waals surface area contributed by atoms with Gasteiger partial charge in [0.2, 0.25) is 0 Å². The topological polar surface area (TPSA) is 69.3 Å². The van der Waals surface area contributed by atoms with Gasteiger partial charge in [0, 0.05) is 42.3 Å². The van der Waals surface area contributed by atoms with E-state index < -0.39 is 17.7 Å². The molecule has 1 aromatic carbocycles. The second-order valence-corrected chi connectivity index (χ2v) is 7.72. The SMILES string of the molecule is C[C@@H](Nc1ccn2ncc(-c3cnn(C4CCOCC4)c3)c2n1)c1cc(F)ccc1F. The predicted octanol–water partition coefficient (Wildman–Crippen LogP) is 4.40. The molecule has 4 aromatic rings. The van der Waals surface area contributed by atoms with E-state index in [2.05, 4.69) is 20.5 Å². The summed E-state index contributed by atoms with van der Waals surface area (Å²) in [5.74, 6) is -0.400. The Labute approximate surface area is 177 Å². The van der Waals surface area contributed by atoms with Gasteiger partial charge in [-0.2, -0.15) is 10.2 Å². The van der Waals surface area contributed by atoms with Gasteiger partial charge in [0.25, 0.3) is 0 Å². The molecule has 3 aromatic heterocycles. The van der Waals surface area contributed by atoms with Gasteiger partial charge in [-0.15, -0.1) is 0 Å². The standard InChI is InChI=1S/C22H22F2N6O/c1-14(18-10-16(23)2-3-20(18)24)27-21-4-7-29-22(28-21)19(12-26-29)15-11-25-30(13-15)17-5-8-31-9-6-17/h2-4,7,10-14,17H,5-6,8-9H2,1H3,(H,27,28)/t14-/m1/s1. The molecule has 0 aliphatic carbocycles. The molecule has 0 saturated carbocycles. The van der Waals surface area contributed by atoms with Crippen molar-refractivity contribution in [1.29, 1.82) is 0 Å². The number of hydrogen-bond acceptors (Lipinski definition) is 5. The van der Waals surface area contributed by atoms with Crippen molar-refractivity contribution >= 4 is 11.5 Å². The largest absolute Gasteiger partial charge is 0.381 e. The van der Waals surface area contributed by atoms with Crippen LogP contribution in [0.15, 0.2) is 49.1 Å². The summed E-state index contributed by atoms with van der Waals surface area (Å²) < 4.78 is 36.8. The summed E-state index contributed by atoms with van der Waals surface area (Å²) in [7, 11) is 0. The highest BCUT2D eigenvalue weighted by atomic mass is 19.1. The molecule has 0 radical (unpaired) electrons. The molecular weight excluding hydrogens is 402 g/mol. The molecule has 1 atom stereocenters. The fourth-order valence-electron chi connectivity index (χ4n) is 3.93. The highest BCUT2D eigenvalue weighted by Gasteiger charge is 2.19. The summed E-state index contributed by atoms with van der Waals surface area (Å²) in [6.07, 6.45) is 9.25. The van der Waals surface area contributed by atoms with Crippen molar-refractivity contribution in [2.75, 3.05) is 18.5 Å². The lowest BCUT2D eigenvalue weighted by molar-refractivity contribution is 0.0662. The Morgan fingerprint density at radius 3 is 2.81 bits per heavy atom. The van der Waals surface area contributed by atoms with Crippen LogP contribution in [0, 0.1) is 11.6 Å². The van der Waals surface area contributed by atoms with Crippen LogP contribution < -0.4 is 5.32 Å². The fourth-order valence-corrected chi connectivity index (χ4v) is 3.93. The summed E-state index contributed by atoms with van der Waals surface area (Å²) >= 11 is 0. The van der Waals surface area contributed by atoms with E-state index in [4.69, 9.17) is 4.74 Å². The van der Waals surface area contributed by atoms with Crippen LogP contribution in [-0.4, -0.2) is 37.6 Å². The van der Waals surface area contributed by atoms with E-state index in [-0.39, 0.29) is 5.56 Å². The van der Waals surface area contributed by atoms with E-state index >= 15 is 0 Å². The minimum absolute atomic E-state index is 0.244. The van der Waals surface area contributed by atoms with E-state index in [1.54, 1.807) is 29.9 Å². The zero-order valence-corrected chi connectivity index (χ0v) is 17.0. The lowest BCUT2D eigenvalue weighted by Crippen LogP contribution is -2.19. The average Bonchev–Trinajstić information content (AvgIpc) is 3.43. The minimum Gasteiger partial charge on any atom is -0.381 e. The maximum absolute atomic E-state index is 14.1. The first-order valence-electron chi connectivity index (χ1n) is 10.3. The number of nitrogens with zero attached hydrogens (tertiary/aromatic N) is 5. The van der Waals surface area contributed by atoms with E-state index in [1.807, 2.05) is 17.1 Å². The summed E-state index contributed by atoms with van der Waals surface area (Å²) in [6.45, 7) is 3.26. The zero-order chi connectivity index (χ0) is 21.4. The molecule has 1 aliphatic rings. The van der Waals surface area contributed by atoms with Crippen LogP contribution in [0.2, 0.25) is 0 Å². The van der Waals surface area contributed by atoms with Crippen LogP contribution in [0.3, 0.4) is 0 Å². The Bertz CT molecular complexity index is 1210. The van der Waals surface area contributed by atoms with Gasteiger partial charge in [-0.05, 0) is 44.0 Å². The average molecular weight is 424 g/mol. The van der Waals surface area contributed by atoms with Gasteiger partial charge in [0.15, 0.2) is 5.65 Å². The van der Waals surface area contributed by atoms with Gasteiger partial charge in [-0.25, -0.2) is 18.3 Å². The predicted molar refractivity (Wildman–Crippen MR) is 112 cm³/mol. The maximum atomic E-state index is 14.1. The van der Waals surface area contributed by atoms with Crippen LogP contribution in [0.4, 0.5) is 14.6 Å². The molecule has 1 fully saturated rings. The van der Waals surface area contributed by atoms with Crippen LogP contribution in [-0.2, 0) is 4.74 Å². The Hall–Kier alpha value is -3.33. The lowest BCUT2D eigenvalue weighted by atomic mass is 10.1. The van der Waals surface area contributed by atoms with Crippen molar-refractivity contribution < 1.29 is 13.5 Å². The number of halogens is 2.